The second-order valence-corrected chi connectivity index (χ2v) is 4.72. The first-order valence-corrected chi connectivity index (χ1v) is 7.54. The number of carbonyl (C=O) groups is 1. The van der Waals surface area contributed by atoms with Gasteiger partial charge in [-0.05, 0) is 26.7 Å². The number of hydrogen-bond acceptors (Lipinski definition) is 4. The van der Waals surface area contributed by atoms with Crippen molar-refractivity contribution < 1.29 is 4.79 Å². The molecule has 5 nitrogen and oxygen atoms in total. The first-order chi connectivity index (χ1) is 9.67. The fraction of sp³-hybridized carbons (Fsp3) is 0.667. The van der Waals surface area contributed by atoms with Gasteiger partial charge in [0, 0.05) is 26.2 Å². The van der Waals surface area contributed by atoms with Crippen molar-refractivity contribution in [1.29, 1.82) is 0 Å². The highest BCUT2D eigenvalue weighted by molar-refractivity contribution is 5.92. The summed E-state index contributed by atoms with van der Waals surface area (Å²) in [5.41, 5.74) is 0.433. The highest BCUT2D eigenvalue weighted by atomic mass is 16.2. The largest absolute Gasteiger partial charge is 0.356 e. The van der Waals surface area contributed by atoms with Gasteiger partial charge in [0.1, 0.15) is 11.5 Å². The molecular weight excluding hydrogens is 252 g/mol. The minimum atomic E-state index is -0.0210. The molecule has 0 aliphatic rings. The van der Waals surface area contributed by atoms with Crippen molar-refractivity contribution in [3.63, 3.8) is 0 Å². The van der Waals surface area contributed by atoms with Crippen molar-refractivity contribution in [3.8, 4) is 0 Å². The van der Waals surface area contributed by atoms with Crippen LogP contribution in [-0.4, -0.2) is 47.0 Å². The number of anilines is 1. The quantitative estimate of drug-likeness (QED) is 0.733. The highest BCUT2D eigenvalue weighted by Crippen LogP contribution is 2.10. The Morgan fingerprint density at radius 3 is 2.00 bits per heavy atom. The Bertz CT molecular complexity index is 395. The van der Waals surface area contributed by atoms with Gasteiger partial charge in [-0.3, -0.25) is 4.79 Å². The van der Waals surface area contributed by atoms with Crippen molar-refractivity contribution in [2.75, 3.05) is 31.1 Å². The van der Waals surface area contributed by atoms with E-state index < -0.39 is 0 Å². The number of aromatic nitrogens is 2. The Morgan fingerprint density at radius 1 is 1.00 bits per heavy atom. The van der Waals surface area contributed by atoms with Crippen LogP contribution in [0.15, 0.2) is 12.4 Å². The molecule has 1 aromatic heterocycles. The van der Waals surface area contributed by atoms with Gasteiger partial charge in [0.2, 0.25) is 0 Å². The molecule has 0 aliphatic heterocycles. The predicted molar refractivity (Wildman–Crippen MR) is 82.1 cm³/mol. The lowest BCUT2D eigenvalue weighted by molar-refractivity contribution is 0.0749. The lowest BCUT2D eigenvalue weighted by Gasteiger charge is -2.22. The molecule has 1 heterocycles. The molecule has 0 aromatic carbocycles. The zero-order valence-electron chi connectivity index (χ0n) is 13.1. The van der Waals surface area contributed by atoms with Gasteiger partial charge in [0.05, 0.1) is 12.4 Å². The number of rotatable bonds is 8. The molecule has 0 saturated carbocycles. The number of carbonyl (C=O) groups excluding carboxylic acids is 1. The summed E-state index contributed by atoms with van der Waals surface area (Å²) < 4.78 is 0. The number of amides is 1. The first kappa shape index (κ1) is 16.4. The molecule has 0 saturated heterocycles. The van der Waals surface area contributed by atoms with E-state index in [4.69, 9.17) is 0 Å². The Balaban J connectivity index is 2.83. The molecular formula is C15H26N4O. The van der Waals surface area contributed by atoms with Crippen LogP contribution in [0.25, 0.3) is 0 Å². The van der Waals surface area contributed by atoms with E-state index in [1.807, 2.05) is 4.90 Å². The molecule has 0 N–H and O–H groups in total. The van der Waals surface area contributed by atoms with Gasteiger partial charge in [0.25, 0.3) is 5.91 Å². The Morgan fingerprint density at radius 2 is 1.60 bits per heavy atom. The highest BCUT2D eigenvalue weighted by Gasteiger charge is 2.16. The van der Waals surface area contributed by atoms with Crippen LogP contribution >= 0.6 is 0 Å². The summed E-state index contributed by atoms with van der Waals surface area (Å²) in [5, 5.41) is 0. The molecule has 1 amide bonds. The molecule has 0 radical (unpaired) electrons. The molecule has 112 valence electrons. The van der Waals surface area contributed by atoms with E-state index in [9.17, 15) is 4.79 Å². The zero-order valence-corrected chi connectivity index (χ0v) is 13.1. The molecule has 0 bridgehead atoms. The van der Waals surface area contributed by atoms with Crippen LogP contribution in [0.4, 0.5) is 5.82 Å². The smallest absolute Gasteiger partial charge is 0.274 e. The average molecular weight is 278 g/mol. The third kappa shape index (κ3) is 4.18. The first-order valence-electron chi connectivity index (χ1n) is 7.54. The number of hydrogen-bond donors (Lipinski definition) is 0. The van der Waals surface area contributed by atoms with Crippen LogP contribution < -0.4 is 4.90 Å². The SMILES string of the molecule is CCCN(CCC)C(=O)c1cnc(N(CC)CC)cn1. The molecule has 0 spiro atoms. The van der Waals surface area contributed by atoms with Crippen LogP contribution in [-0.2, 0) is 0 Å². The fourth-order valence-corrected chi connectivity index (χ4v) is 2.16. The Labute approximate surface area is 122 Å². The predicted octanol–water partition coefficient (Wildman–Crippen LogP) is 2.59. The standard InChI is InChI=1S/C15H26N4O/c1-5-9-19(10-6-2)15(20)13-11-17-14(12-16-13)18(7-3)8-4/h11-12H,5-10H2,1-4H3. The lowest BCUT2D eigenvalue weighted by atomic mass is 10.3. The van der Waals surface area contributed by atoms with E-state index in [2.05, 4.69) is 42.6 Å². The molecule has 1 rings (SSSR count). The summed E-state index contributed by atoms with van der Waals surface area (Å²) >= 11 is 0. The van der Waals surface area contributed by atoms with Crippen LogP contribution in [0.2, 0.25) is 0 Å². The fourth-order valence-electron chi connectivity index (χ4n) is 2.16. The monoisotopic (exact) mass is 278 g/mol. The summed E-state index contributed by atoms with van der Waals surface area (Å²) in [5.74, 6) is 0.802. The van der Waals surface area contributed by atoms with Crippen LogP contribution in [0.5, 0.6) is 0 Å². The second-order valence-electron chi connectivity index (χ2n) is 4.72. The normalized spacial score (nSPS) is 10.4. The van der Waals surface area contributed by atoms with Crippen LogP contribution in [0.1, 0.15) is 51.0 Å². The number of nitrogens with zero attached hydrogens (tertiary/aromatic N) is 4. The second kappa shape index (κ2) is 8.51. The zero-order chi connectivity index (χ0) is 15.0. The average Bonchev–Trinajstić information content (AvgIpc) is 2.48. The third-order valence-corrected chi connectivity index (χ3v) is 3.22. The molecule has 0 aliphatic carbocycles. The molecule has 0 atom stereocenters. The van der Waals surface area contributed by atoms with Gasteiger partial charge in [-0.1, -0.05) is 13.8 Å². The molecule has 5 heteroatoms. The van der Waals surface area contributed by atoms with Crippen LogP contribution in [0, 0.1) is 0 Å². The maximum atomic E-state index is 12.4. The van der Waals surface area contributed by atoms with E-state index >= 15 is 0 Å². The minimum absolute atomic E-state index is 0.0210. The topological polar surface area (TPSA) is 49.3 Å². The third-order valence-electron chi connectivity index (χ3n) is 3.22. The van der Waals surface area contributed by atoms with E-state index in [1.54, 1.807) is 12.4 Å². The van der Waals surface area contributed by atoms with E-state index in [-0.39, 0.29) is 5.91 Å². The van der Waals surface area contributed by atoms with Gasteiger partial charge in [-0.25, -0.2) is 9.97 Å². The van der Waals surface area contributed by atoms with Crippen molar-refractivity contribution in [2.24, 2.45) is 0 Å². The molecule has 1 aromatic rings. The summed E-state index contributed by atoms with van der Waals surface area (Å²) in [7, 11) is 0. The summed E-state index contributed by atoms with van der Waals surface area (Å²) in [4.78, 5) is 25.0. The summed E-state index contributed by atoms with van der Waals surface area (Å²) in [6, 6.07) is 0. The van der Waals surface area contributed by atoms with E-state index in [0.29, 0.717) is 5.69 Å². The Hall–Kier alpha value is -1.65. The van der Waals surface area contributed by atoms with E-state index in [0.717, 1.165) is 44.8 Å². The minimum Gasteiger partial charge on any atom is -0.356 e. The molecule has 0 fully saturated rings. The van der Waals surface area contributed by atoms with Crippen LogP contribution in [0.3, 0.4) is 0 Å². The van der Waals surface area contributed by atoms with Gasteiger partial charge in [-0.15, -0.1) is 0 Å². The molecule has 0 unspecified atom stereocenters. The summed E-state index contributed by atoms with van der Waals surface area (Å²) in [6.07, 6.45) is 5.19. The van der Waals surface area contributed by atoms with Gasteiger partial charge < -0.3 is 9.80 Å². The lowest BCUT2D eigenvalue weighted by Crippen LogP contribution is -2.33. The van der Waals surface area contributed by atoms with Gasteiger partial charge >= 0.3 is 0 Å². The van der Waals surface area contributed by atoms with Gasteiger partial charge in [-0.2, -0.15) is 0 Å². The van der Waals surface area contributed by atoms with Crippen molar-refractivity contribution in [1.82, 2.24) is 14.9 Å². The van der Waals surface area contributed by atoms with Crippen molar-refractivity contribution >= 4 is 11.7 Å². The van der Waals surface area contributed by atoms with Crippen molar-refractivity contribution in [2.45, 2.75) is 40.5 Å². The van der Waals surface area contributed by atoms with E-state index in [1.165, 1.54) is 0 Å². The molecule has 20 heavy (non-hydrogen) atoms. The maximum Gasteiger partial charge on any atom is 0.274 e. The maximum absolute atomic E-state index is 12.4. The van der Waals surface area contributed by atoms with Crippen molar-refractivity contribution in [3.05, 3.63) is 18.1 Å². The summed E-state index contributed by atoms with van der Waals surface area (Å²) in [6.45, 7) is 11.6. The Kier molecular flexibility index (Phi) is 6.98. The van der Waals surface area contributed by atoms with Gasteiger partial charge in [0.15, 0.2) is 0 Å².